The van der Waals surface area contributed by atoms with Crippen LogP contribution in [0.15, 0.2) is 23.8 Å². The molecule has 96 valence electrons. The van der Waals surface area contributed by atoms with E-state index in [1.165, 1.54) is 57.6 Å². The van der Waals surface area contributed by atoms with E-state index in [0.29, 0.717) is 0 Å². The second-order valence-electron chi connectivity index (χ2n) is 5.76. The molecule has 2 nitrogen and oxygen atoms in total. The van der Waals surface area contributed by atoms with Crippen molar-refractivity contribution in [2.75, 3.05) is 39.8 Å². The van der Waals surface area contributed by atoms with E-state index < -0.39 is 0 Å². The van der Waals surface area contributed by atoms with Crippen molar-refractivity contribution in [3.8, 4) is 0 Å². The normalized spacial score (nSPS) is 27.9. The third kappa shape index (κ3) is 3.68. The summed E-state index contributed by atoms with van der Waals surface area (Å²) in [6.07, 6.45) is 6.29. The van der Waals surface area contributed by atoms with Crippen LogP contribution in [0.3, 0.4) is 0 Å². The van der Waals surface area contributed by atoms with Crippen LogP contribution >= 0.6 is 0 Å². The summed E-state index contributed by atoms with van der Waals surface area (Å²) < 4.78 is 0. The molecule has 0 aromatic carbocycles. The molecule has 0 spiro atoms. The third-order valence-electron chi connectivity index (χ3n) is 4.22. The van der Waals surface area contributed by atoms with E-state index in [-0.39, 0.29) is 0 Å². The SMILES string of the molecule is C=C(C)[C@@H]1CC=C(CN2CCN(C)CC2)CC1. The van der Waals surface area contributed by atoms with Crippen LogP contribution in [-0.2, 0) is 0 Å². The molecule has 2 heteroatoms. The molecule has 1 aliphatic heterocycles. The topological polar surface area (TPSA) is 6.48 Å². The van der Waals surface area contributed by atoms with Crippen LogP contribution in [0.4, 0.5) is 0 Å². The number of piperazine rings is 1. The van der Waals surface area contributed by atoms with Crippen LogP contribution in [-0.4, -0.2) is 49.6 Å². The lowest BCUT2D eigenvalue weighted by molar-refractivity contribution is 0.162. The fourth-order valence-electron chi connectivity index (χ4n) is 2.77. The van der Waals surface area contributed by atoms with E-state index in [1.54, 1.807) is 5.57 Å². The highest BCUT2D eigenvalue weighted by atomic mass is 15.2. The minimum atomic E-state index is 0.742. The molecule has 1 aliphatic carbocycles. The Hall–Kier alpha value is -0.600. The predicted octanol–water partition coefficient (Wildman–Crippen LogP) is 2.54. The summed E-state index contributed by atoms with van der Waals surface area (Å²) in [5.74, 6) is 0.742. The zero-order valence-corrected chi connectivity index (χ0v) is 11.4. The minimum absolute atomic E-state index is 0.742. The highest BCUT2D eigenvalue weighted by Crippen LogP contribution is 2.28. The lowest BCUT2D eigenvalue weighted by atomic mass is 9.85. The van der Waals surface area contributed by atoms with Gasteiger partial charge in [-0.3, -0.25) is 4.90 Å². The molecular formula is C15H26N2. The number of nitrogens with zero attached hydrogens (tertiary/aromatic N) is 2. The molecule has 0 saturated carbocycles. The minimum Gasteiger partial charge on any atom is -0.304 e. The Kier molecular flexibility index (Phi) is 4.41. The fourth-order valence-corrected chi connectivity index (χ4v) is 2.77. The van der Waals surface area contributed by atoms with E-state index in [2.05, 4.69) is 36.4 Å². The Morgan fingerprint density at radius 1 is 1.35 bits per heavy atom. The maximum atomic E-state index is 4.08. The predicted molar refractivity (Wildman–Crippen MR) is 74.2 cm³/mol. The summed E-state index contributed by atoms with van der Waals surface area (Å²) in [5, 5.41) is 0. The second-order valence-corrected chi connectivity index (χ2v) is 5.76. The number of allylic oxidation sites excluding steroid dienone is 2. The molecule has 0 radical (unpaired) electrons. The van der Waals surface area contributed by atoms with Crippen LogP contribution < -0.4 is 0 Å². The van der Waals surface area contributed by atoms with Gasteiger partial charge in [0.15, 0.2) is 0 Å². The number of likely N-dealkylation sites (N-methyl/N-ethyl adjacent to an activating group) is 1. The highest BCUT2D eigenvalue weighted by molar-refractivity contribution is 5.13. The lowest BCUT2D eigenvalue weighted by Gasteiger charge is -2.34. The summed E-state index contributed by atoms with van der Waals surface area (Å²) in [7, 11) is 2.22. The molecule has 2 rings (SSSR count). The smallest absolute Gasteiger partial charge is 0.0193 e. The first kappa shape index (κ1) is 12.8. The van der Waals surface area contributed by atoms with E-state index in [0.717, 1.165) is 5.92 Å². The lowest BCUT2D eigenvalue weighted by Crippen LogP contribution is -2.45. The molecule has 2 aliphatic rings. The maximum Gasteiger partial charge on any atom is 0.0193 e. The Morgan fingerprint density at radius 2 is 2.06 bits per heavy atom. The van der Waals surface area contributed by atoms with Gasteiger partial charge in [-0.25, -0.2) is 0 Å². The first-order valence-electron chi connectivity index (χ1n) is 6.89. The highest BCUT2D eigenvalue weighted by Gasteiger charge is 2.18. The van der Waals surface area contributed by atoms with Crippen LogP contribution in [0.2, 0.25) is 0 Å². The van der Waals surface area contributed by atoms with E-state index in [1.807, 2.05) is 0 Å². The van der Waals surface area contributed by atoms with Crippen molar-refractivity contribution in [1.82, 2.24) is 9.80 Å². The summed E-state index contributed by atoms with van der Waals surface area (Å²) >= 11 is 0. The van der Waals surface area contributed by atoms with Crippen molar-refractivity contribution in [2.45, 2.75) is 26.2 Å². The van der Waals surface area contributed by atoms with Crippen LogP contribution in [0.25, 0.3) is 0 Å². The summed E-state index contributed by atoms with van der Waals surface area (Å²) in [6.45, 7) is 12.4. The standard InChI is InChI=1S/C15H26N2/c1-13(2)15-6-4-14(5-7-15)12-17-10-8-16(3)9-11-17/h4,15H,1,5-12H2,2-3H3/t15-/m1/s1. The summed E-state index contributed by atoms with van der Waals surface area (Å²) in [5.41, 5.74) is 3.02. The number of rotatable bonds is 3. The van der Waals surface area contributed by atoms with Gasteiger partial charge in [0.05, 0.1) is 0 Å². The Balaban J connectivity index is 1.79. The molecule has 1 atom stereocenters. The Bertz CT molecular complexity index is 298. The summed E-state index contributed by atoms with van der Waals surface area (Å²) in [4.78, 5) is 5.02. The van der Waals surface area contributed by atoms with Crippen molar-refractivity contribution in [1.29, 1.82) is 0 Å². The van der Waals surface area contributed by atoms with Gasteiger partial charge < -0.3 is 4.90 Å². The first-order chi connectivity index (χ1) is 8.15. The van der Waals surface area contributed by atoms with Gasteiger partial charge in [-0.05, 0) is 39.2 Å². The molecule has 1 heterocycles. The molecule has 1 fully saturated rings. The van der Waals surface area contributed by atoms with Gasteiger partial charge in [0.1, 0.15) is 0 Å². The van der Waals surface area contributed by atoms with E-state index in [9.17, 15) is 0 Å². The van der Waals surface area contributed by atoms with Gasteiger partial charge in [0.25, 0.3) is 0 Å². The zero-order chi connectivity index (χ0) is 12.3. The van der Waals surface area contributed by atoms with Crippen molar-refractivity contribution in [3.63, 3.8) is 0 Å². The molecule has 0 amide bonds. The molecule has 0 unspecified atom stereocenters. The van der Waals surface area contributed by atoms with Gasteiger partial charge in [-0.15, -0.1) is 0 Å². The molecule has 0 aromatic heterocycles. The van der Waals surface area contributed by atoms with Gasteiger partial charge >= 0.3 is 0 Å². The quantitative estimate of drug-likeness (QED) is 0.692. The number of hydrogen-bond donors (Lipinski definition) is 0. The van der Waals surface area contributed by atoms with Crippen molar-refractivity contribution in [2.24, 2.45) is 5.92 Å². The van der Waals surface area contributed by atoms with Crippen molar-refractivity contribution >= 4 is 0 Å². The maximum absolute atomic E-state index is 4.08. The van der Waals surface area contributed by atoms with Crippen LogP contribution in [0, 0.1) is 5.92 Å². The first-order valence-corrected chi connectivity index (χ1v) is 6.89. The Labute approximate surface area is 106 Å². The largest absolute Gasteiger partial charge is 0.304 e. The average Bonchev–Trinajstić information content (AvgIpc) is 2.33. The molecule has 0 N–H and O–H groups in total. The van der Waals surface area contributed by atoms with Gasteiger partial charge in [0, 0.05) is 32.7 Å². The zero-order valence-electron chi connectivity index (χ0n) is 11.4. The molecule has 0 bridgehead atoms. The monoisotopic (exact) mass is 234 g/mol. The van der Waals surface area contributed by atoms with Gasteiger partial charge in [0.2, 0.25) is 0 Å². The average molecular weight is 234 g/mol. The second kappa shape index (κ2) is 5.83. The fraction of sp³-hybridized carbons (Fsp3) is 0.733. The van der Waals surface area contributed by atoms with Gasteiger partial charge in [-0.2, -0.15) is 0 Å². The molecule has 0 aromatic rings. The molecule has 17 heavy (non-hydrogen) atoms. The summed E-state index contributed by atoms with van der Waals surface area (Å²) in [6, 6.07) is 0. The Morgan fingerprint density at radius 3 is 2.59 bits per heavy atom. The molecular weight excluding hydrogens is 208 g/mol. The van der Waals surface area contributed by atoms with E-state index >= 15 is 0 Å². The van der Waals surface area contributed by atoms with Crippen molar-refractivity contribution in [3.05, 3.63) is 23.8 Å². The third-order valence-corrected chi connectivity index (χ3v) is 4.22. The van der Waals surface area contributed by atoms with Crippen molar-refractivity contribution < 1.29 is 0 Å². The van der Waals surface area contributed by atoms with Crippen LogP contribution in [0.5, 0.6) is 0 Å². The van der Waals surface area contributed by atoms with E-state index in [4.69, 9.17) is 0 Å². The van der Waals surface area contributed by atoms with Gasteiger partial charge in [-0.1, -0.05) is 23.8 Å². The van der Waals surface area contributed by atoms with Crippen LogP contribution in [0.1, 0.15) is 26.2 Å². The number of hydrogen-bond acceptors (Lipinski definition) is 2. The molecule has 1 saturated heterocycles.